The molecule has 3 aromatic rings. The van der Waals surface area contributed by atoms with Crippen LogP contribution in [0.3, 0.4) is 0 Å². The van der Waals surface area contributed by atoms with Crippen molar-refractivity contribution in [2.24, 2.45) is 0 Å². The summed E-state index contributed by atoms with van der Waals surface area (Å²) >= 11 is 18.9. The molecule has 1 atom stereocenters. The minimum Gasteiger partial charge on any atom is -0.458 e. The van der Waals surface area contributed by atoms with Gasteiger partial charge in [-0.15, -0.1) is 0 Å². The molecule has 0 spiro atoms. The van der Waals surface area contributed by atoms with E-state index >= 15 is 0 Å². The smallest absolute Gasteiger partial charge is 0.303 e. The molecule has 0 N–H and O–H groups in total. The summed E-state index contributed by atoms with van der Waals surface area (Å²) in [7, 11) is 0. The van der Waals surface area contributed by atoms with Crippen molar-refractivity contribution in [2.45, 2.75) is 39.3 Å². The van der Waals surface area contributed by atoms with E-state index in [0.717, 1.165) is 24.0 Å². The molecule has 0 amide bonds. The maximum Gasteiger partial charge on any atom is 0.303 e. The Balaban J connectivity index is 1.91. The van der Waals surface area contributed by atoms with Gasteiger partial charge in [0.05, 0.1) is 20.6 Å². The Hall–Kier alpha value is -2.02. The average Bonchev–Trinajstić information content (AvgIpc) is 3.08. The Kier molecular flexibility index (Phi) is 5.60. The Morgan fingerprint density at radius 2 is 2.03 bits per heavy atom. The number of imidazole rings is 1. The Morgan fingerprint density at radius 3 is 2.72 bits per heavy atom. The molecule has 0 fully saturated rings. The van der Waals surface area contributed by atoms with E-state index in [-0.39, 0.29) is 12.1 Å². The Morgan fingerprint density at radius 1 is 1.24 bits per heavy atom. The number of pyridine rings is 1. The lowest BCUT2D eigenvalue weighted by molar-refractivity contribution is -0.146. The molecule has 4 rings (SSSR count). The van der Waals surface area contributed by atoms with E-state index in [4.69, 9.17) is 44.5 Å². The van der Waals surface area contributed by atoms with E-state index < -0.39 is 0 Å². The Labute approximate surface area is 183 Å². The number of hydrogen-bond acceptors (Lipinski definition) is 5. The third-order valence-corrected chi connectivity index (χ3v) is 5.72. The van der Waals surface area contributed by atoms with Crippen molar-refractivity contribution in [3.63, 3.8) is 0 Å². The fourth-order valence-corrected chi connectivity index (χ4v) is 4.44. The van der Waals surface area contributed by atoms with Crippen LogP contribution in [-0.2, 0) is 16.1 Å². The van der Waals surface area contributed by atoms with Gasteiger partial charge in [-0.2, -0.15) is 0 Å². The highest BCUT2D eigenvalue weighted by molar-refractivity contribution is 6.36. The van der Waals surface area contributed by atoms with Crippen LogP contribution in [0.4, 0.5) is 11.8 Å². The number of halogens is 3. The molecule has 0 saturated heterocycles. The summed E-state index contributed by atoms with van der Waals surface area (Å²) in [5, 5.41) is 1.47. The predicted octanol–water partition coefficient (Wildman–Crippen LogP) is 5.95. The SMILES string of the molecule is CCC(OC(C)=O)c1ccc(Cl)c2nc3n(c12)CCCN3c1ncc(Cl)cc1Cl. The number of hydrogen-bond donors (Lipinski definition) is 0. The van der Waals surface area contributed by atoms with E-state index in [1.54, 1.807) is 18.3 Å². The standard InChI is InChI=1S/C20H19Cl3N4O2/c1-3-16(29-11(2)28)13-5-6-14(22)17-18(13)26-7-4-8-27(20(26)25-17)19-15(23)9-12(21)10-24-19/h5-6,9-10,16H,3-4,7-8H2,1-2H3. The molecule has 152 valence electrons. The number of ether oxygens (including phenoxy) is 1. The van der Waals surface area contributed by atoms with Gasteiger partial charge < -0.3 is 9.30 Å². The summed E-state index contributed by atoms with van der Waals surface area (Å²) in [4.78, 5) is 22.8. The average molecular weight is 454 g/mol. The van der Waals surface area contributed by atoms with Crippen molar-refractivity contribution in [1.29, 1.82) is 0 Å². The highest BCUT2D eigenvalue weighted by Gasteiger charge is 2.29. The second-order valence-electron chi connectivity index (χ2n) is 6.87. The number of anilines is 2. The molecule has 0 saturated carbocycles. The monoisotopic (exact) mass is 452 g/mol. The van der Waals surface area contributed by atoms with E-state index in [1.807, 2.05) is 17.9 Å². The van der Waals surface area contributed by atoms with E-state index in [0.29, 0.717) is 45.3 Å². The van der Waals surface area contributed by atoms with Gasteiger partial charge in [-0.25, -0.2) is 9.97 Å². The summed E-state index contributed by atoms with van der Waals surface area (Å²) < 4.78 is 7.65. The maximum absolute atomic E-state index is 11.6. The van der Waals surface area contributed by atoms with Gasteiger partial charge in [0.2, 0.25) is 5.95 Å². The first kappa shape index (κ1) is 20.3. The van der Waals surface area contributed by atoms with Crippen molar-refractivity contribution in [1.82, 2.24) is 14.5 Å². The number of aromatic nitrogens is 3. The van der Waals surface area contributed by atoms with Crippen molar-refractivity contribution < 1.29 is 9.53 Å². The molecule has 1 aliphatic rings. The third kappa shape index (κ3) is 3.65. The van der Waals surface area contributed by atoms with Crippen LogP contribution in [0.2, 0.25) is 15.1 Å². The van der Waals surface area contributed by atoms with Crippen molar-refractivity contribution >= 4 is 63.6 Å². The first-order valence-electron chi connectivity index (χ1n) is 9.35. The lowest BCUT2D eigenvalue weighted by Crippen LogP contribution is -2.29. The van der Waals surface area contributed by atoms with Crippen LogP contribution >= 0.6 is 34.8 Å². The van der Waals surface area contributed by atoms with Crippen LogP contribution in [-0.4, -0.2) is 27.0 Å². The summed E-state index contributed by atoms with van der Waals surface area (Å²) in [5.74, 6) is 0.976. The molecule has 2 aromatic heterocycles. The first-order valence-corrected chi connectivity index (χ1v) is 10.5. The second kappa shape index (κ2) is 8.01. The predicted molar refractivity (Wildman–Crippen MR) is 115 cm³/mol. The van der Waals surface area contributed by atoms with Gasteiger partial charge in [-0.3, -0.25) is 9.69 Å². The molecule has 1 aromatic carbocycles. The zero-order valence-corrected chi connectivity index (χ0v) is 18.2. The zero-order valence-electron chi connectivity index (χ0n) is 16.0. The zero-order chi connectivity index (χ0) is 20.7. The highest BCUT2D eigenvalue weighted by Crippen LogP contribution is 2.40. The van der Waals surface area contributed by atoms with Crippen molar-refractivity contribution in [2.75, 3.05) is 11.4 Å². The molecule has 0 radical (unpaired) electrons. The molecule has 9 heteroatoms. The summed E-state index contributed by atoms with van der Waals surface area (Å²) in [6, 6.07) is 5.37. The number of fused-ring (bicyclic) bond motifs is 3. The molecule has 3 heterocycles. The highest BCUT2D eigenvalue weighted by atomic mass is 35.5. The maximum atomic E-state index is 11.6. The normalized spacial score (nSPS) is 14.7. The van der Waals surface area contributed by atoms with Gasteiger partial charge in [0.15, 0.2) is 5.82 Å². The number of nitrogens with zero attached hydrogens (tertiary/aromatic N) is 4. The summed E-state index contributed by atoms with van der Waals surface area (Å²) in [6.07, 6.45) is 2.71. The van der Waals surface area contributed by atoms with E-state index in [1.165, 1.54) is 6.92 Å². The fourth-order valence-electron chi connectivity index (χ4n) is 3.76. The molecule has 0 bridgehead atoms. The van der Waals surface area contributed by atoms with Gasteiger partial charge >= 0.3 is 5.97 Å². The van der Waals surface area contributed by atoms with Gasteiger partial charge in [0.25, 0.3) is 0 Å². The van der Waals surface area contributed by atoms with Crippen molar-refractivity contribution in [3.05, 3.63) is 45.0 Å². The van der Waals surface area contributed by atoms with Crippen LogP contribution in [0.1, 0.15) is 38.4 Å². The van der Waals surface area contributed by atoms with Crippen molar-refractivity contribution in [3.8, 4) is 0 Å². The number of esters is 1. The van der Waals surface area contributed by atoms with Gasteiger partial charge in [0.1, 0.15) is 11.6 Å². The number of aryl methyl sites for hydroxylation is 1. The number of carbonyl (C=O) groups excluding carboxylic acids is 1. The van der Waals surface area contributed by atoms with Gasteiger partial charge in [0, 0.05) is 31.8 Å². The molecule has 1 unspecified atom stereocenters. The first-order chi connectivity index (χ1) is 13.9. The van der Waals surface area contributed by atoms with Crippen LogP contribution in [0.15, 0.2) is 24.4 Å². The van der Waals surface area contributed by atoms with Crippen LogP contribution in [0.25, 0.3) is 11.0 Å². The number of carbonyl (C=O) groups is 1. The lowest BCUT2D eigenvalue weighted by atomic mass is 10.0. The van der Waals surface area contributed by atoms with E-state index in [9.17, 15) is 4.79 Å². The molecule has 29 heavy (non-hydrogen) atoms. The van der Waals surface area contributed by atoms with Crippen LogP contribution < -0.4 is 4.90 Å². The van der Waals surface area contributed by atoms with Gasteiger partial charge in [-0.1, -0.05) is 47.8 Å². The molecular formula is C20H19Cl3N4O2. The third-order valence-electron chi connectivity index (χ3n) is 4.93. The largest absolute Gasteiger partial charge is 0.458 e. The van der Waals surface area contributed by atoms with Crippen LogP contribution in [0.5, 0.6) is 0 Å². The topological polar surface area (TPSA) is 60.2 Å². The fraction of sp³-hybridized carbons (Fsp3) is 0.350. The Bertz CT molecular complexity index is 1100. The lowest BCUT2D eigenvalue weighted by Gasteiger charge is -2.29. The minimum atomic E-state index is -0.374. The van der Waals surface area contributed by atoms with Crippen LogP contribution in [0, 0.1) is 0 Å². The molecule has 1 aliphatic heterocycles. The molecule has 6 nitrogen and oxygen atoms in total. The molecular weight excluding hydrogens is 435 g/mol. The van der Waals surface area contributed by atoms with E-state index in [2.05, 4.69) is 9.55 Å². The number of benzene rings is 1. The summed E-state index contributed by atoms with van der Waals surface area (Å²) in [6.45, 7) is 4.87. The summed E-state index contributed by atoms with van der Waals surface area (Å²) in [5.41, 5.74) is 2.43. The number of rotatable bonds is 4. The minimum absolute atomic E-state index is 0.322. The molecule has 0 aliphatic carbocycles. The second-order valence-corrected chi connectivity index (χ2v) is 8.12. The quantitative estimate of drug-likeness (QED) is 0.457. The van der Waals surface area contributed by atoms with Gasteiger partial charge in [-0.05, 0) is 25.0 Å².